The van der Waals surface area contributed by atoms with Gasteiger partial charge in [-0.2, -0.15) is 22.9 Å². The van der Waals surface area contributed by atoms with E-state index in [1.54, 1.807) is 36.4 Å². The van der Waals surface area contributed by atoms with E-state index < -0.39 is 27.9 Å². The lowest BCUT2D eigenvalue weighted by Crippen LogP contribution is -2.20. The van der Waals surface area contributed by atoms with Gasteiger partial charge in [0.25, 0.3) is 5.56 Å². The fourth-order valence-electron chi connectivity index (χ4n) is 4.55. The number of halogens is 4. The Balaban J connectivity index is 1.46. The van der Waals surface area contributed by atoms with Gasteiger partial charge in [-0.3, -0.25) is 14.9 Å². The summed E-state index contributed by atoms with van der Waals surface area (Å²) >= 11 is 6.19. The number of alkyl halides is 3. The number of nitro benzene ring substituents is 1. The molecule has 222 valence electrons. The first kappa shape index (κ1) is 28.7. The van der Waals surface area contributed by atoms with Gasteiger partial charge in [-0.25, -0.2) is 4.98 Å². The molecule has 5 aromatic rings. The molecule has 0 spiro atoms. The van der Waals surface area contributed by atoms with E-state index in [4.69, 9.17) is 25.8 Å². The Bertz CT molecular complexity index is 2030. The average Bonchev–Trinajstić information content (AvgIpc) is 3.47. The van der Waals surface area contributed by atoms with Crippen LogP contribution < -0.4 is 19.8 Å². The van der Waals surface area contributed by atoms with Crippen molar-refractivity contribution < 1.29 is 32.3 Å². The van der Waals surface area contributed by atoms with E-state index in [2.05, 4.69) is 10.1 Å². The summed E-state index contributed by atoms with van der Waals surface area (Å²) in [4.78, 5) is 29.2. The molecule has 0 bridgehead atoms. The smallest absolute Gasteiger partial charge is 0.416 e. The molecule has 0 atom stereocenters. The summed E-state index contributed by atoms with van der Waals surface area (Å²) in [6, 6.07) is 18.1. The summed E-state index contributed by atoms with van der Waals surface area (Å²) in [5.74, 6) is 0.646. The van der Waals surface area contributed by atoms with Crippen molar-refractivity contribution in [3.05, 3.63) is 121 Å². The van der Waals surface area contributed by atoms with Crippen LogP contribution in [0, 0.1) is 10.1 Å². The molecule has 4 aromatic carbocycles. The Kier molecular flexibility index (Phi) is 7.39. The molecule has 0 saturated heterocycles. The van der Waals surface area contributed by atoms with Crippen molar-refractivity contribution in [3.63, 3.8) is 0 Å². The molecule has 1 aliphatic heterocycles. The number of nitro groups is 1. The van der Waals surface area contributed by atoms with Gasteiger partial charge in [-0.05, 0) is 48.0 Å². The first-order valence-electron chi connectivity index (χ1n) is 12.8. The summed E-state index contributed by atoms with van der Waals surface area (Å²) in [7, 11) is 0. The molecule has 0 saturated carbocycles. The van der Waals surface area contributed by atoms with Gasteiger partial charge in [0, 0.05) is 22.2 Å². The van der Waals surface area contributed by atoms with Crippen molar-refractivity contribution in [3.8, 4) is 28.6 Å². The Labute approximate surface area is 250 Å². The minimum atomic E-state index is -4.65. The second-order valence-electron chi connectivity index (χ2n) is 9.47. The number of benzene rings is 4. The summed E-state index contributed by atoms with van der Waals surface area (Å²) in [5.41, 5.74) is -1.25. The van der Waals surface area contributed by atoms with Gasteiger partial charge in [0.15, 0.2) is 17.3 Å². The van der Waals surface area contributed by atoms with Crippen LogP contribution >= 0.6 is 11.6 Å². The lowest BCUT2D eigenvalue weighted by atomic mass is 10.1. The Morgan fingerprint density at radius 1 is 1.05 bits per heavy atom. The second kappa shape index (κ2) is 11.3. The molecule has 14 heteroatoms. The minimum Gasteiger partial charge on any atom is -0.481 e. The fourth-order valence-corrected chi connectivity index (χ4v) is 4.77. The van der Waals surface area contributed by atoms with Gasteiger partial charge in [-0.1, -0.05) is 41.9 Å². The molecule has 44 heavy (non-hydrogen) atoms. The van der Waals surface area contributed by atoms with E-state index in [1.807, 2.05) is 0 Å². The van der Waals surface area contributed by atoms with E-state index in [9.17, 15) is 28.1 Å². The van der Waals surface area contributed by atoms with E-state index in [0.29, 0.717) is 17.1 Å². The van der Waals surface area contributed by atoms with Crippen molar-refractivity contribution in [1.82, 2.24) is 9.66 Å². The molecule has 2 heterocycles. The molecule has 0 unspecified atom stereocenters. The Morgan fingerprint density at radius 3 is 2.64 bits per heavy atom. The summed E-state index contributed by atoms with van der Waals surface area (Å²) in [5, 5.41) is 16.3. The van der Waals surface area contributed by atoms with Crippen molar-refractivity contribution in [2.24, 2.45) is 5.10 Å². The standard InChI is InChI=1S/C30H18ClF3N4O6/c31-21-12-19(27(24(13-21)38(40)41)42-15-17-8-9-25-26(10-17)44-16-43-25)14-35-37-28(18-4-3-5-20(11-18)30(32,33)34)36-23-7-2-1-6-22(23)29(37)39/h1-14H,15-16H2. The molecular formula is C30H18ClF3N4O6. The maximum absolute atomic E-state index is 13.6. The predicted octanol–water partition coefficient (Wildman–Crippen LogP) is 6.83. The van der Waals surface area contributed by atoms with Crippen LogP contribution in [-0.4, -0.2) is 27.6 Å². The number of hydrogen-bond acceptors (Lipinski definition) is 8. The first-order chi connectivity index (χ1) is 21.1. The zero-order valence-electron chi connectivity index (χ0n) is 22.2. The molecule has 6 rings (SSSR count). The van der Waals surface area contributed by atoms with E-state index >= 15 is 0 Å². The number of hydrogen-bond donors (Lipinski definition) is 0. The number of ether oxygens (including phenoxy) is 3. The third-order valence-corrected chi connectivity index (χ3v) is 6.81. The van der Waals surface area contributed by atoms with Crippen LogP contribution in [0.15, 0.2) is 88.8 Å². The molecule has 1 aliphatic rings. The highest BCUT2D eigenvalue weighted by Gasteiger charge is 2.31. The lowest BCUT2D eigenvalue weighted by molar-refractivity contribution is -0.385. The van der Waals surface area contributed by atoms with Crippen LogP contribution in [0.1, 0.15) is 16.7 Å². The van der Waals surface area contributed by atoms with Gasteiger partial charge in [0.1, 0.15) is 6.61 Å². The Hall–Kier alpha value is -5.43. The minimum absolute atomic E-state index is 0.0179. The number of aromatic nitrogens is 2. The fraction of sp³-hybridized carbons (Fsp3) is 0.100. The van der Waals surface area contributed by atoms with Crippen LogP contribution in [0.3, 0.4) is 0 Å². The average molecular weight is 623 g/mol. The SMILES string of the molecule is O=c1c2ccccc2nc(-c2cccc(C(F)(F)F)c2)n1N=Cc1cc(Cl)cc([N+](=O)[O-])c1OCc1ccc2c(c1)OCO2. The van der Waals surface area contributed by atoms with Gasteiger partial charge in [-0.15, -0.1) is 0 Å². The highest BCUT2D eigenvalue weighted by atomic mass is 35.5. The molecule has 10 nitrogen and oxygen atoms in total. The number of para-hydroxylation sites is 1. The molecular weight excluding hydrogens is 605 g/mol. The molecule has 0 aliphatic carbocycles. The van der Waals surface area contributed by atoms with Crippen LogP contribution in [0.4, 0.5) is 18.9 Å². The topological polar surface area (TPSA) is 118 Å². The van der Waals surface area contributed by atoms with Crippen LogP contribution in [0.25, 0.3) is 22.3 Å². The second-order valence-corrected chi connectivity index (χ2v) is 9.91. The first-order valence-corrected chi connectivity index (χ1v) is 13.2. The number of rotatable bonds is 7. The third kappa shape index (κ3) is 5.64. The zero-order chi connectivity index (χ0) is 31.0. The summed E-state index contributed by atoms with van der Waals surface area (Å²) in [6.45, 7) is -0.0543. The van der Waals surface area contributed by atoms with Gasteiger partial charge >= 0.3 is 11.9 Å². The highest BCUT2D eigenvalue weighted by molar-refractivity contribution is 6.31. The highest BCUT2D eigenvalue weighted by Crippen LogP contribution is 2.37. The van der Waals surface area contributed by atoms with Crippen LogP contribution in [-0.2, 0) is 12.8 Å². The van der Waals surface area contributed by atoms with Gasteiger partial charge in [0.05, 0.1) is 27.6 Å². The van der Waals surface area contributed by atoms with E-state index in [1.165, 1.54) is 24.3 Å². The van der Waals surface area contributed by atoms with E-state index in [0.717, 1.165) is 29.1 Å². The monoisotopic (exact) mass is 622 g/mol. The number of fused-ring (bicyclic) bond motifs is 2. The zero-order valence-corrected chi connectivity index (χ0v) is 23.0. The van der Waals surface area contributed by atoms with Crippen molar-refractivity contribution >= 4 is 34.4 Å². The number of nitrogens with zero attached hydrogens (tertiary/aromatic N) is 4. The van der Waals surface area contributed by atoms with Gasteiger partial charge in [0.2, 0.25) is 12.5 Å². The van der Waals surface area contributed by atoms with Crippen LogP contribution in [0.2, 0.25) is 5.02 Å². The molecule has 0 fully saturated rings. The van der Waals surface area contributed by atoms with Crippen molar-refractivity contribution in [2.75, 3.05) is 6.79 Å². The largest absolute Gasteiger partial charge is 0.481 e. The molecule has 1 aromatic heterocycles. The molecule has 0 N–H and O–H groups in total. The normalized spacial score (nSPS) is 12.6. The van der Waals surface area contributed by atoms with E-state index in [-0.39, 0.29) is 52.0 Å². The molecule has 0 amide bonds. The lowest BCUT2D eigenvalue weighted by Gasteiger charge is -2.13. The van der Waals surface area contributed by atoms with Gasteiger partial charge < -0.3 is 14.2 Å². The van der Waals surface area contributed by atoms with Crippen LogP contribution in [0.5, 0.6) is 17.2 Å². The summed E-state index contributed by atoms with van der Waals surface area (Å²) < 4.78 is 57.9. The molecule has 0 radical (unpaired) electrons. The quantitative estimate of drug-likeness (QED) is 0.111. The predicted molar refractivity (Wildman–Crippen MR) is 154 cm³/mol. The van der Waals surface area contributed by atoms with Crippen molar-refractivity contribution in [1.29, 1.82) is 0 Å². The maximum atomic E-state index is 13.6. The Morgan fingerprint density at radius 2 is 1.84 bits per heavy atom. The maximum Gasteiger partial charge on any atom is 0.416 e. The van der Waals surface area contributed by atoms with Crippen molar-refractivity contribution in [2.45, 2.75) is 12.8 Å². The summed E-state index contributed by atoms with van der Waals surface area (Å²) in [6.07, 6.45) is -3.55. The third-order valence-electron chi connectivity index (χ3n) is 6.59.